The second-order valence-corrected chi connectivity index (χ2v) is 7.92. The lowest BCUT2D eigenvalue weighted by Gasteiger charge is -2.18. The second-order valence-electron chi connectivity index (χ2n) is 6.92. The van der Waals surface area contributed by atoms with Gasteiger partial charge >= 0.3 is 11.9 Å². The minimum Gasteiger partial charge on any atom is -0.493 e. The van der Waals surface area contributed by atoms with Crippen LogP contribution in [0.5, 0.6) is 11.5 Å². The predicted octanol–water partition coefficient (Wildman–Crippen LogP) is 3.57. The van der Waals surface area contributed by atoms with Gasteiger partial charge in [-0.05, 0) is 48.5 Å². The maximum Gasteiger partial charge on any atom is 0.335 e. The molecule has 1 heterocycles. The molecule has 2 amide bonds. The Morgan fingerprint density at radius 1 is 1.15 bits per heavy atom. The lowest BCUT2D eigenvalue weighted by molar-refractivity contribution is -0.148. The fourth-order valence-corrected chi connectivity index (χ4v) is 4.04. The first-order valence-corrected chi connectivity index (χ1v) is 10.6. The summed E-state index contributed by atoms with van der Waals surface area (Å²) >= 11 is 0.704. The van der Waals surface area contributed by atoms with Crippen LogP contribution in [0.3, 0.4) is 0 Å². The summed E-state index contributed by atoms with van der Waals surface area (Å²) in [6.07, 6.45) is 1.49. The summed E-state index contributed by atoms with van der Waals surface area (Å²) in [6, 6.07) is 10.3. The first-order valence-electron chi connectivity index (χ1n) is 9.73. The van der Waals surface area contributed by atoms with E-state index in [0.29, 0.717) is 34.4 Å². The van der Waals surface area contributed by atoms with E-state index < -0.39 is 29.1 Å². The van der Waals surface area contributed by atoms with E-state index in [2.05, 4.69) is 4.74 Å². The van der Waals surface area contributed by atoms with E-state index in [0.717, 1.165) is 4.90 Å². The third kappa shape index (κ3) is 5.17. The largest absolute Gasteiger partial charge is 0.493 e. The van der Waals surface area contributed by atoms with Crippen molar-refractivity contribution in [1.82, 2.24) is 4.90 Å². The van der Waals surface area contributed by atoms with Crippen LogP contribution in [-0.2, 0) is 20.9 Å². The van der Waals surface area contributed by atoms with Gasteiger partial charge in [-0.15, -0.1) is 0 Å². The number of rotatable bonds is 8. The van der Waals surface area contributed by atoms with Crippen LogP contribution in [0.4, 0.5) is 4.79 Å². The number of carboxylic acids is 1. The summed E-state index contributed by atoms with van der Waals surface area (Å²) in [5, 5.41) is 8.59. The molecule has 33 heavy (non-hydrogen) atoms. The van der Waals surface area contributed by atoms with Gasteiger partial charge in [0.05, 0.1) is 24.7 Å². The number of aromatic carboxylic acids is 1. The highest BCUT2D eigenvalue weighted by molar-refractivity contribution is 8.18. The molecule has 9 nitrogen and oxygen atoms in total. The maximum absolute atomic E-state index is 12.8. The molecule has 172 valence electrons. The van der Waals surface area contributed by atoms with Crippen molar-refractivity contribution in [2.45, 2.75) is 19.6 Å². The van der Waals surface area contributed by atoms with Gasteiger partial charge in [0.1, 0.15) is 12.6 Å². The lowest BCUT2D eigenvalue weighted by atomic mass is 10.1. The molecule has 1 aliphatic heterocycles. The number of ether oxygens (including phenoxy) is 3. The summed E-state index contributed by atoms with van der Waals surface area (Å²) in [5.41, 5.74) is 1.23. The van der Waals surface area contributed by atoms with Crippen LogP contribution in [0.2, 0.25) is 0 Å². The van der Waals surface area contributed by atoms with Crippen molar-refractivity contribution in [3.63, 3.8) is 0 Å². The van der Waals surface area contributed by atoms with E-state index in [9.17, 15) is 24.3 Å². The second kappa shape index (κ2) is 10.2. The summed E-state index contributed by atoms with van der Waals surface area (Å²) in [6.45, 7) is 1.46. The number of imide groups is 1. The normalized spacial score (nSPS) is 15.5. The number of nitrogens with zero attached hydrogens (tertiary/aromatic N) is 1. The van der Waals surface area contributed by atoms with E-state index in [1.165, 1.54) is 39.4 Å². The van der Waals surface area contributed by atoms with E-state index in [1.807, 2.05) is 0 Å². The van der Waals surface area contributed by atoms with Gasteiger partial charge in [-0.3, -0.25) is 14.5 Å². The number of esters is 1. The van der Waals surface area contributed by atoms with E-state index in [1.54, 1.807) is 30.3 Å². The van der Waals surface area contributed by atoms with Crippen molar-refractivity contribution in [1.29, 1.82) is 0 Å². The fourth-order valence-electron chi connectivity index (χ4n) is 3.14. The first kappa shape index (κ1) is 23.9. The number of carboxylic acid groups (broad SMARTS) is 1. The van der Waals surface area contributed by atoms with Crippen molar-refractivity contribution >= 4 is 40.9 Å². The molecule has 3 rings (SSSR count). The molecular formula is C23H21NO8S. The van der Waals surface area contributed by atoms with Gasteiger partial charge in [0.2, 0.25) is 0 Å². The number of amides is 2. The summed E-state index contributed by atoms with van der Waals surface area (Å²) in [5.74, 6) is -1.67. The van der Waals surface area contributed by atoms with Crippen LogP contribution in [0, 0.1) is 0 Å². The number of hydrogen-bond acceptors (Lipinski definition) is 8. The third-order valence-corrected chi connectivity index (χ3v) is 5.71. The van der Waals surface area contributed by atoms with Crippen molar-refractivity contribution in [3.8, 4) is 11.5 Å². The van der Waals surface area contributed by atoms with Crippen molar-refractivity contribution in [2.24, 2.45) is 0 Å². The molecule has 1 aliphatic rings. The number of benzene rings is 2. The van der Waals surface area contributed by atoms with Crippen molar-refractivity contribution in [2.75, 3.05) is 14.2 Å². The van der Waals surface area contributed by atoms with Gasteiger partial charge in [-0.1, -0.05) is 24.3 Å². The Balaban J connectivity index is 1.90. The quantitative estimate of drug-likeness (QED) is 0.455. The molecule has 0 spiro atoms. The molecule has 2 aromatic rings. The smallest absolute Gasteiger partial charge is 0.335 e. The van der Waals surface area contributed by atoms with Gasteiger partial charge in [0.15, 0.2) is 11.5 Å². The highest BCUT2D eigenvalue weighted by Crippen LogP contribution is 2.38. The van der Waals surface area contributed by atoms with E-state index in [4.69, 9.17) is 9.47 Å². The number of hydrogen-bond donors (Lipinski definition) is 1. The minimum atomic E-state index is -1.06. The van der Waals surface area contributed by atoms with Crippen LogP contribution in [-0.4, -0.2) is 53.4 Å². The van der Waals surface area contributed by atoms with Gasteiger partial charge in [0.25, 0.3) is 11.1 Å². The zero-order valence-corrected chi connectivity index (χ0v) is 18.9. The van der Waals surface area contributed by atoms with E-state index in [-0.39, 0.29) is 17.1 Å². The maximum atomic E-state index is 12.8. The van der Waals surface area contributed by atoms with Crippen LogP contribution in [0.25, 0.3) is 6.08 Å². The van der Waals surface area contributed by atoms with Crippen LogP contribution < -0.4 is 9.47 Å². The number of carbonyl (C=O) groups is 4. The molecule has 0 aromatic heterocycles. The van der Waals surface area contributed by atoms with Crippen LogP contribution in [0.15, 0.2) is 47.4 Å². The van der Waals surface area contributed by atoms with E-state index >= 15 is 0 Å². The number of thioether (sulfide) groups is 1. The lowest BCUT2D eigenvalue weighted by Crippen LogP contribution is -2.42. The van der Waals surface area contributed by atoms with Crippen molar-refractivity contribution < 1.29 is 38.5 Å². The predicted molar refractivity (Wildman–Crippen MR) is 120 cm³/mol. The Kier molecular flexibility index (Phi) is 7.39. The first-order chi connectivity index (χ1) is 15.8. The SMILES string of the molecule is COC(=O)[C@H](C)N1C(=O)S/C(=C/c2cccc(OC)c2OCc2cccc(C(=O)O)c2)C1=O. The monoisotopic (exact) mass is 471 g/mol. The number of methoxy groups -OCH3 is 2. The molecule has 0 bridgehead atoms. The summed E-state index contributed by atoms with van der Waals surface area (Å²) in [7, 11) is 2.64. The molecule has 0 radical (unpaired) electrons. The molecule has 1 N–H and O–H groups in total. The molecule has 1 saturated heterocycles. The van der Waals surface area contributed by atoms with Gasteiger partial charge in [-0.25, -0.2) is 9.59 Å². The molecular weight excluding hydrogens is 450 g/mol. The molecule has 0 aliphatic carbocycles. The molecule has 1 fully saturated rings. The standard InChI is InChI=1S/C23H21NO8S/c1-13(22(28)31-3)24-20(25)18(33-23(24)29)11-15-7-5-9-17(30-2)19(15)32-12-14-6-4-8-16(10-14)21(26)27/h4-11,13H,12H2,1-3H3,(H,26,27)/b18-11+/t13-/m0/s1. The fraction of sp³-hybridized carbons (Fsp3) is 0.217. The molecule has 1 atom stereocenters. The van der Waals surface area contributed by atoms with Gasteiger partial charge in [0, 0.05) is 5.56 Å². The summed E-state index contributed by atoms with van der Waals surface area (Å²) < 4.78 is 15.9. The summed E-state index contributed by atoms with van der Waals surface area (Å²) in [4.78, 5) is 49.2. The Morgan fingerprint density at radius 3 is 2.55 bits per heavy atom. The van der Waals surface area contributed by atoms with Crippen molar-refractivity contribution in [3.05, 3.63) is 64.1 Å². The average Bonchev–Trinajstić information content (AvgIpc) is 3.09. The topological polar surface area (TPSA) is 119 Å². The minimum absolute atomic E-state index is 0.0448. The van der Waals surface area contributed by atoms with Crippen LogP contribution in [0.1, 0.15) is 28.4 Å². The Labute approximate surface area is 193 Å². The van der Waals surface area contributed by atoms with Gasteiger partial charge < -0.3 is 19.3 Å². The zero-order valence-electron chi connectivity index (χ0n) is 18.1. The molecule has 0 saturated carbocycles. The Morgan fingerprint density at radius 2 is 1.88 bits per heavy atom. The number of carbonyl (C=O) groups excluding carboxylic acids is 3. The molecule has 10 heteroatoms. The Bertz CT molecular complexity index is 1140. The highest BCUT2D eigenvalue weighted by atomic mass is 32.2. The third-order valence-electron chi connectivity index (χ3n) is 4.83. The molecule has 2 aromatic carbocycles. The number of para-hydroxylation sites is 1. The van der Waals surface area contributed by atoms with Crippen LogP contribution >= 0.6 is 11.8 Å². The zero-order chi connectivity index (χ0) is 24.1. The Hall–Kier alpha value is -3.79. The highest BCUT2D eigenvalue weighted by Gasteiger charge is 2.41. The van der Waals surface area contributed by atoms with Gasteiger partial charge in [-0.2, -0.15) is 0 Å². The molecule has 0 unspecified atom stereocenters. The average molecular weight is 471 g/mol.